The van der Waals surface area contributed by atoms with Crippen molar-refractivity contribution in [2.75, 3.05) is 6.61 Å². The normalized spacial score (nSPS) is 16.9. The van der Waals surface area contributed by atoms with Crippen molar-refractivity contribution in [1.29, 1.82) is 5.26 Å². The summed E-state index contributed by atoms with van der Waals surface area (Å²) in [6, 6.07) is 15.0. The molecule has 2 aliphatic rings. The quantitative estimate of drug-likeness (QED) is 0.342. The highest BCUT2D eigenvalue weighted by Crippen LogP contribution is 2.48. The van der Waals surface area contributed by atoms with E-state index in [-0.39, 0.29) is 41.2 Å². The highest BCUT2D eigenvalue weighted by Gasteiger charge is 2.44. The second-order valence-electron chi connectivity index (χ2n) is 7.12. The molecule has 0 unspecified atom stereocenters. The van der Waals surface area contributed by atoms with Crippen molar-refractivity contribution in [2.45, 2.75) is 19.3 Å². The minimum Gasteiger partial charge on any atom is -0.461 e. The lowest BCUT2D eigenvalue weighted by atomic mass is 9.79. The number of nitrogens with one attached hydrogen (secondary N) is 1. The molecule has 4 rings (SSSR count). The number of allylic oxidation sites excluding steroid dienone is 2. The predicted octanol–water partition coefficient (Wildman–Crippen LogP) is 3.62. The van der Waals surface area contributed by atoms with E-state index in [0.717, 1.165) is 0 Å². The van der Waals surface area contributed by atoms with Gasteiger partial charge in [0.2, 0.25) is 0 Å². The van der Waals surface area contributed by atoms with Crippen LogP contribution in [0.3, 0.4) is 0 Å². The number of carbonyl (C=O) groups is 2. The van der Waals surface area contributed by atoms with E-state index in [0.29, 0.717) is 22.5 Å². The van der Waals surface area contributed by atoms with Gasteiger partial charge in [0.05, 0.1) is 34.6 Å². The fraction of sp³-hybridized carbons (Fsp3) is 0.174. The third-order valence-corrected chi connectivity index (χ3v) is 5.36. The molecule has 0 aromatic heterocycles. The Bertz CT molecular complexity index is 1240. The average molecular weight is 415 g/mol. The zero-order valence-corrected chi connectivity index (χ0v) is 16.5. The number of ketones is 1. The van der Waals surface area contributed by atoms with Crippen LogP contribution in [0.4, 0.5) is 5.69 Å². The average Bonchev–Trinajstić information content (AvgIpc) is 3.05. The van der Waals surface area contributed by atoms with Gasteiger partial charge < -0.3 is 10.1 Å². The van der Waals surface area contributed by atoms with Crippen molar-refractivity contribution in [3.63, 3.8) is 0 Å². The van der Waals surface area contributed by atoms with Gasteiger partial charge >= 0.3 is 5.97 Å². The van der Waals surface area contributed by atoms with Gasteiger partial charge in [-0.05, 0) is 6.92 Å². The standard InChI is InChI=1S/C23H17N3O5/c1-13-18(23(28)31-12-6-11-24)19(16-9-4-5-10-17(16)26(29)30)20-21(25-13)14-7-2-3-8-15(14)22(20)27/h2-5,7-10,19,25H,6,12H2,1H3/t19-/m1/s1. The van der Waals surface area contributed by atoms with Crippen molar-refractivity contribution in [3.8, 4) is 6.07 Å². The minimum absolute atomic E-state index is 0.0139. The lowest BCUT2D eigenvalue weighted by Gasteiger charge is -2.29. The smallest absolute Gasteiger partial charge is 0.336 e. The fourth-order valence-electron chi connectivity index (χ4n) is 4.08. The minimum atomic E-state index is -0.979. The van der Waals surface area contributed by atoms with Crippen LogP contribution in [-0.2, 0) is 9.53 Å². The van der Waals surface area contributed by atoms with Crippen LogP contribution in [0.15, 0.2) is 65.4 Å². The summed E-state index contributed by atoms with van der Waals surface area (Å²) in [5, 5.41) is 23.6. The Kier molecular flexibility index (Phi) is 5.09. The highest BCUT2D eigenvalue weighted by atomic mass is 16.6. The zero-order chi connectivity index (χ0) is 22.1. The van der Waals surface area contributed by atoms with E-state index in [4.69, 9.17) is 10.00 Å². The molecule has 31 heavy (non-hydrogen) atoms. The van der Waals surface area contributed by atoms with Gasteiger partial charge in [0.25, 0.3) is 5.69 Å². The number of para-hydroxylation sites is 1. The highest BCUT2D eigenvalue weighted by molar-refractivity contribution is 6.23. The van der Waals surface area contributed by atoms with E-state index in [9.17, 15) is 19.7 Å². The van der Waals surface area contributed by atoms with Crippen LogP contribution in [-0.4, -0.2) is 23.3 Å². The molecule has 8 heteroatoms. The Morgan fingerprint density at radius 1 is 1.19 bits per heavy atom. The molecule has 0 bridgehead atoms. The van der Waals surface area contributed by atoms with E-state index in [1.165, 1.54) is 12.1 Å². The van der Waals surface area contributed by atoms with Gasteiger partial charge in [-0.2, -0.15) is 5.26 Å². The molecule has 2 aromatic rings. The molecule has 1 aliphatic carbocycles. The lowest BCUT2D eigenvalue weighted by molar-refractivity contribution is -0.385. The Labute approximate surface area is 177 Å². The van der Waals surface area contributed by atoms with E-state index in [1.54, 1.807) is 43.3 Å². The van der Waals surface area contributed by atoms with Gasteiger partial charge in [-0.15, -0.1) is 0 Å². The number of fused-ring (bicyclic) bond motifs is 2. The van der Waals surface area contributed by atoms with Crippen LogP contribution in [0, 0.1) is 21.4 Å². The molecular weight excluding hydrogens is 398 g/mol. The third-order valence-electron chi connectivity index (χ3n) is 5.36. The third kappa shape index (κ3) is 3.26. The SMILES string of the molecule is CC1=C(C(=O)OCCC#N)[C@@H](c2ccccc2[N+](=O)[O-])C2=C(N1)c1ccccc1C2=O. The number of hydrogen-bond acceptors (Lipinski definition) is 7. The number of dihydropyridines is 1. The number of ether oxygens (including phenoxy) is 1. The molecule has 2 aromatic carbocycles. The first-order valence-corrected chi connectivity index (χ1v) is 9.59. The summed E-state index contributed by atoms with van der Waals surface area (Å²) in [5.41, 5.74) is 2.55. The summed E-state index contributed by atoms with van der Waals surface area (Å²) < 4.78 is 5.24. The van der Waals surface area contributed by atoms with Gasteiger partial charge in [-0.3, -0.25) is 14.9 Å². The first-order chi connectivity index (χ1) is 15.0. The molecule has 0 saturated carbocycles. The Morgan fingerprint density at radius 3 is 2.58 bits per heavy atom. The summed E-state index contributed by atoms with van der Waals surface area (Å²) in [6.07, 6.45) is 0.0139. The number of Topliss-reactive ketones (excluding diaryl/α,β-unsaturated/α-hetero) is 1. The number of carbonyl (C=O) groups excluding carboxylic acids is 2. The molecular formula is C23H17N3O5. The second-order valence-corrected chi connectivity index (χ2v) is 7.12. The van der Waals surface area contributed by atoms with Crippen molar-refractivity contribution in [3.05, 3.63) is 92.2 Å². The zero-order valence-electron chi connectivity index (χ0n) is 16.5. The van der Waals surface area contributed by atoms with Crippen LogP contribution in [0.2, 0.25) is 0 Å². The van der Waals surface area contributed by atoms with Gasteiger partial charge in [-0.1, -0.05) is 42.5 Å². The maximum atomic E-state index is 13.3. The topological polar surface area (TPSA) is 122 Å². The number of benzene rings is 2. The summed E-state index contributed by atoms with van der Waals surface area (Å²) in [5.74, 6) is -2.00. The molecule has 0 radical (unpaired) electrons. The molecule has 1 N–H and O–H groups in total. The van der Waals surface area contributed by atoms with E-state index < -0.39 is 16.8 Å². The lowest BCUT2D eigenvalue weighted by Crippen LogP contribution is -2.29. The first kappa shape index (κ1) is 20.0. The number of nitro benzene ring substituents is 1. The summed E-state index contributed by atoms with van der Waals surface area (Å²) >= 11 is 0. The fourth-order valence-corrected chi connectivity index (χ4v) is 4.08. The maximum absolute atomic E-state index is 13.3. The van der Waals surface area contributed by atoms with E-state index in [1.807, 2.05) is 6.07 Å². The summed E-state index contributed by atoms with van der Waals surface area (Å²) in [7, 11) is 0. The molecule has 0 amide bonds. The number of esters is 1. The molecule has 154 valence electrons. The molecule has 0 saturated heterocycles. The van der Waals surface area contributed by atoms with Crippen molar-refractivity contribution in [1.82, 2.24) is 5.32 Å². The van der Waals surface area contributed by atoms with Crippen LogP contribution in [0.1, 0.15) is 40.7 Å². The number of hydrogen-bond donors (Lipinski definition) is 1. The Balaban J connectivity index is 1.92. The van der Waals surface area contributed by atoms with Crippen molar-refractivity contribution in [2.24, 2.45) is 0 Å². The molecule has 8 nitrogen and oxygen atoms in total. The van der Waals surface area contributed by atoms with Crippen LogP contribution < -0.4 is 5.32 Å². The number of nitro groups is 1. The van der Waals surface area contributed by atoms with Crippen LogP contribution in [0.5, 0.6) is 0 Å². The first-order valence-electron chi connectivity index (χ1n) is 9.59. The van der Waals surface area contributed by atoms with Crippen molar-refractivity contribution >= 4 is 23.1 Å². The second kappa shape index (κ2) is 7.88. The number of nitrogens with zero attached hydrogens (tertiary/aromatic N) is 2. The maximum Gasteiger partial charge on any atom is 0.336 e. The van der Waals surface area contributed by atoms with Gasteiger partial charge in [0.15, 0.2) is 5.78 Å². The summed E-state index contributed by atoms with van der Waals surface area (Å²) in [6.45, 7) is 1.55. The van der Waals surface area contributed by atoms with Gasteiger partial charge in [0.1, 0.15) is 6.61 Å². The van der Waals surface area contributed by atoms with E-state index >= 15 is 0 Å². The molecule has 1 heterocycles. The molecule has 1 aliphatic heterocycles. The monoisotopic (exact) mass is 415 g/mol. The van der Waals surface area contributed by atoms with E-state index in [2.05, 4.69) is 5.32 Å². The van der Waals surface area contributed by atoms with Crippen LogP contribution in [0.25, 0.3) is 5.70 Å². The molecule has 0 fully saturated rings. The van der Waals surface area contributed by atoms with Crippen LogP contribution >= 0.6 is 0 Å². The molecule has 0 spiro atoms. The molecule has 1 atom stereocenters. The number of nitriles is 1. The number of rotatable bonds is 5. The Hall–Kier alpha value is -4.25. The van der Waals surface area contributed by atoms with Gasteiger partial charge in [-0.25, -0.2) is 4.79 Å². The van der Waals surface area contributed by atoms with Gasteiger partial charge in [0, 0.05) is 34.0 Å². The van der Waals surface area contributed by atoms with Crippen molar-refractivity contribution < 1.29 is 19.2 Å². The predicted molar refractivity (Wildman–Crippen MR) is 111 cm³/mol. The summed E-state index contributed by atoms with van der Waals surface area (Å²) in [4.78, 5) is 37.5. The largest absolute Gasteiger partial charge is 0.461 e. The Morgan fingerprint density at radius 2 is 1.87 bits per heavy atom.